The summed E-state index contributed by atoms with van der Waals surface area (Å²) < 4.78 is 0. The summed E-state index contributed by atoms with van der Waals surface area (Å²) in [5, 5.41) is 8.94. The molecule has 3 unspecified atom stereocenters. The van der Waals surface area contributed by atoms with Crippen LogP contribution in [0.15, 0.2) is 24.3 Å². The van der Waals surface area contributed by atoms with E-state index in [-0.39, 0.29) is 0 Å². The van der Waals surface area contributed by atoms with Crippen LogP contribution in [0.4, 0.5) is 0 Å². The highest BCUT2D eigenvalue weighted by Crippen LogP contribution is 2.50. The largest absolute Gasteiger partial charge is 0.198 e. The molecule has 16 heavy (non-hydrogen) atoms. The van der Waals surface area contributed by atoms with Gasteiger partial charge >= 0.3 is 0 Å². The van der Waals surface area contributed by atoms with E-state index >= 15 is 0 Å². The maximum absolute atomic E-state index is 8.94. The molecule has 1 fully saturated rings. The number of nitriles is 1. The third-order valence-corrected chi connectivity index (χ3v) is 4.42. The van der Waals surface area contributed by atoms with Gasteiger partial charge in [-0.25, -0.2) is 0 Å². The van der Waals surface area contributed by atoms with Crippen molar-refractivity contribution in [3.05, 3.63) is 35.4 Å². The molecule has 0 spiro atoms. The highest BCUT2D eigenvalue weighted by molar-refractivity contribution is 5.37. The summed E-state index contributed by atoms with van der Waals surface area (Å²) in [4.78, 5) is 0. The van der Waals surface area contributed by atoms with E-state index in [2.05, 4.69) is 30.3 Å². The normalized spacial score (nSPS) is 31.6. The monoisotopic (exact) mass is 211 g/mol. The van der Waals surface area contributed by atoms with Gasteiger partial charge in [-0.15, -0.1) is 0 Å². The summed E-state index contributed by atoms with van der Waals surface area (Å²) in [7, 11) is 0. The van der Waals surface area contributed by atoms with Gasteiger partial charge in [0, 0.05) is 6.42 Å². The van der Waals surface area contributed by atoms with Crippen LogP contribution in [0.1, 0.15) is 42.7 Å². The van der Waals surface area contributed by atoms with Crippen LogP contribution in [0.25, 0.3) is 0 Å². The predicted octanol–water partition coefficient (Wildman–Crippen LogP) is 3.66. The number of fused-ring (bicyclic) bond motifs is 3. The van der Waals surface area contributed by atoms with Crippen molar-refractivity contribution >= 4 is 0 Å². The van der Waals surface area contributed by atoms with Crippen LogP contribution < -0.4 is 0 Å². The van der Waals surface area contributed by atoms with Crippen LogP contribution in [-0.4, -0.2) is 0 Å². The van der Waals surface area contributed by atoms with E-state index in [1.165, 1.54) is 25.7 Å². The van der Waals surface area contributed by atoms with Gasteiger partial charge in [-0.3, -0.25) is 0 Å². The number of hydrogen-bond acceptors (Lipinski definition) is 1. The first-order valence-electron chi connectivity index (χ1n) is 6.35. The summed E-state index contributed by atoms with van der Waals surface area (Å²) in [5.41, 5.74) is 3.09. The van der Waals surface area contributed by atoms with Crippen LogP contribution in [-0.2, 0) is 6.42 Å². The van der Waals surface area contributed by atoms with Gasteiger partial charge in [0.05, 0.1) is 6.07 Å². The second kappa shape index (κ2) is 3.94. The Kier molecular flexibility index (Phi) is 2.44. The third-order valence-electron chi connectivity index (χ3n) is 4.42. The standard InChI is InChI=1S/C15H17N/c16-9-8-11-5-3-6-13-10-12-4-1-2-7-14(12)15(11)13/h1-2,4,7,11,13,15H,3,5-6,8,10H2. The smallest absolute Gasteiger partial charge is 0.0624 e. The van der Waals surface area contributed by atoms with E-state index in [0.29, 0.717) is 11.8 Å². The molecular formula is C15H17N. The molecule has 0 aromatic heterocycles. The van der Waals surface area contributed by atoms with Gasteiger partial charge in [0.1, 0.15) is 0 Å². The van der Waals surface area contributed by atoms with Gasteiger partial charge in [-0.05, 0) is 48.1 Å². The predicted molar refractivity (Wildman–Crippen MR) is 63.9 cm³/mol. The number of rotatable bonds is 1. The van der Waals surface area contributed by atoms with Gasteiger partial charge in [0.15, 0.2) is 0 Å². The molecular weight excluding hydrogens is 194 g/mol. The van der Waals surface area contributed by atoms with Crippen LogP contribution in [0.5, 0.6) is 0 Å². The first kappa shape index (κ1) is 9.90. The van der Waals surface area contributed by atoms with E-state index in [9.17, 15) is 0 Å². The molecule has 2 aliphatic rings. The Labute approximate surface area is 97.1 Å². The topological polar surface area (TPSA) is 23.8 Å². The molecule has 0 N–H and O–H groups in total. The fraction of sp³-hybridized carbons (Fsp3) is 0.533. The lowest BCUT2D eigenvalue weighted by Gasteiger charge is -2.33. The van der Waals surface area contributed by atoms with Gasteiger partial charge < -0.3 is 0 Å². The fourth-order valence-electron chi connectivity index (χ4n) is 3.80. The number of benzene rings is 1. The second-order valence-electron chi connectivity index (χ2n) is 5.24. The number of hydrogen-bond donors (Lipinski definition) is 0. The maximum Gasteiger partial charge on any atom is 0.0624 e. The summed E-state index contributed by atoms with van der Waals surface area (Å²) >= 11 is 0. The van der Waals surface area contributed by atoms with E-state index in [0.717, 1.165) is 12.3 Å². The van der Waals surface area contributed by atoms with E-state index < -0.39 is 0 Å². The Bertz CT molecular complexity index is 429. The van der Waals surface area contributed by atoms with E-state index in [4.69, 9.17) is 5.26 Å². The molecule has 0 bridgehead atoms. The molecule has 0 amide bonds. The van der Waals surface area contributed by atoms with Gasteiger partial charge in [0.2, 0.25) is 0 Å². The molecule has 1 heteroatoms. The Balaban J connectivity index is 1.96. The van der Waals surface area contributed by atoms with Crippen molar-refractivity contribution in [2.45, 2.75) is 38.0 Å². The minimum Gasteiger partial charge on any atom is -0.198 e. The van der Waals surface area contributed by atoms with E-state index in [1.54, 1.807) is 11.1 Å². The van der Waals surface area contributed by atoms with Crippen LogP contribution >= 0.6 is 0 Å². The van der Waals surface area contributed by atoms with Crippen LogP contribution in [0, 0.1) is 23.2 Å². The summed E-state index contributed by atoms with van der Waals surface area (Å²) in [6.07, 6.45) is 5.93. The molecule has 0 saturated heterocycles. The molecule has 1 aromatic carbocycles. The van der Waals surface area contributed by atoms with E-state index in [1.807, 2.05) is 0 Å². The summed E-state index contributed by atoms with van der Waals surface area (Å²) in [5.74, 6) is 2.13. The van der Waals surface area contributed by atoms with Crippen molar-refractivity contribution in [3.8, 4) is 6.07 Å². The van der Waals surface area contributed by atoms with Gasteiger partial charge in [-0.2, -0.15) is 5.26 Å². The average Bonchev–Trinajstić information content (AvgIpc) is 2.68. The molecule has 3 rings (SSSR count). The zero-order valence-electron chi connectivity index (χ0n) is 9.52. The van der Waals surface area contributed by atoms with Crippen molar-refractivity contribution in [1.82, 2.24) is 0 Å². The lowest BCUT2D eigenvalue weighted by Crippen LogP contribution is -2.23. The molecule has 3 atom stereocenters. The summed E-state index contributed by atoms with van der Waals surface area (Å²) in [6.45, 7) is 0. The van der Waals surface area contributed by atoms with Crippen LogP contribution in [0.3, 0.4) is 0 Å². The molecule has 82 valence electrons. The highest BCUT2D eigenvalue weighted by atomic mass is 14.4. The Morgan fingerprint density at radius 3 is 3.00 bits per heavy atom. The zero-order chi connectivity index (χ0) is 11.0. The van der Waals surface area contributed by atoms with Crippen molar-refractivity contribution in [1.29, 1.82) is 5.26 Å². The lowest BCUT2D eigenvalue weighted by atomic mass is 9.71. The maximum atomic E-state index is 8.94. The van der Waals surface area contributed by atoms with Crippen LogP contribution in [0.2, 0.25) is 0 Å². The fourth-order valence-corrected chi connectivity index (χ4v) is 3.80. The molecule has 1 nitrogen and oxygen atoms in total. The third kappa shape index (κ3) is 1.45. The Morgan fingerprint density at radius 1 is 1.25 bits per heavy atom. The van der Waals surface area contributed by atoms with Crippen molar-refractivity contribution in [2.24, 2.45) is 11.8 Å². The average molecular weight is 211 g/mol. The minimum atomic E-state index is 0.618. The Hall–Kier alpha value is -1.29. The van der Waals surface area contributed by atoms with Crippen molar-refractivity contribution in [2.75, 3.05) is 0 Å². The second-order valence-corrected chi connectivity index (χ2v) is 5.24. The lowest BCUT2D eigenvalue weighted by molar-refractivity contribution is 0.238. The number of nitrogens with zero attached hydrogens (tertiary/aromatic N) is 1. The molecule has 1 saturated carbocycles. The first-order chi connectivity index (χ1) is 7.90. The summed E-state index contributed by atoms with van der Waals surface area (Å²) in [6, 6.07) is 11.2. The SMILES string of the molecule is N#CCC1CCCC2Cc3ccccc3C12. The highest BCUT2D eigenvalue weighted by Gasteiger charge is 2.39. The molecule has 0 radical (unpaired) electrons. The van der Waals surface area contributed by atoms with Gasteiger partial charge in [0.25, 0.3) is 0 Å². The molecule has 0 heterocycles. The molecule has 0 aliphatic heterocycles. The van der Waals surface area contributed by atoms with Gasteiger partial charge in [-0.1, -0.05) is 30.7 Å². The quantitative estimate of drug-likeness (QED) is 0.695. The first-order valence-corrected chi connectivity index (χ1v) is 6.35. The Morgan fingerprint density at radius 2 is 2.12 bits per heavy atom. The molecule has 2 aliphatic carbocycles. The van der Waals surface area contributed by atoms with Crippen molar-refractivity contribution < 1.29 is 0 Å². The molecule has 1 aromatic rings. The van der Waals surface area contributed by atoms with Crippen molar-refractivity contribution in [3.63, 3.8) is 0 Å². The minimum absolute atomic E-state index is 0.618. The zero-order valence-corrected chi connectivity index (χ0v) is 9.52.